The molecule has 152 valence electrons. The number of allylic oxidation sites excluding steroid dienone is 1. The molecule has 0 bridgehead atoms. The smallest absolute Gasteiger partial charge is 0.229 e. The second-order valence-electron chi connectivity index (χ2n) is 6.95. The van der Waals surface area contributed by atoms with E-state index in [2.05, 4.69) is 21.4 Å². The van der Waals surface area contributed by atoms with Gasteiger partial charge >= 0.3 is 0 Å². The van der Waals surface area contributed by atoms with E-state index in [0.29, 0.717) is 35.9 Å². The van der Waals surface area contributed by atoms with Gasteiger partial charge in [-0.25, -0.2) is 9.37 Å². The van der Waals surface area contributed by atoms with Crippen molar-refractivity contribution in [3.63, 3.8) is 0 Å². The molecule has 0 spiro atoms. The van der Waals surface area contributed by atoms with Crippen LogP contribution in [0.5, 0.6) is 0 Å². The van der Waals surface area contributed by atoms with Crippen LogP contribution in [0.15, 0.2) is 42.5 Å². The van der Waals surface area contributed by atoms with Crippen LogP contribution in [-0.2, 0) is 6.42 Å². The van der Waals surface area contributed by atoms with Crippen LogP contribution in [0.25, 0.3) is 6.08 Å². The summed E-state index contributed by atoms with van der Waals surface area (Å²) in [5.41, 5.74) is 3.79. The van der Waals surface area contributed by atoms with Crippen molar-refractivity contribution in [3.8, 4) is 12.1 Å². The summed E-state index contributed by atoms with van der Waals surface area (Å²) < 4.78 is 15.0. The van der Waals surface area contributed by atoms with Crippen molar-refractivity contribution in [2.24, 2.45) is 0 Å². The van der Waals surface area contributed by atoms with E-state index < -0.39 is 5.82 Å². The third kappa shape index (κ3) is 4.05. The van der Waals surface area contributed by atoms with Crippen LogP contribution in [0, 0.1) is 35.4 Å². The molecule has 0 saturated carbocycles. The number of nitriles is 2. The fourth-order valence-electron chi connectivity index (χ4n) is 3.53. The summed E-state index contributed by atoms with van der Waals surface area (Å²) in [6.45, 7) is 2.41. The van der Waals surface area contributed by atoms with E-state index in [1.807, 2.05) is 13.0 Å². The van der Waals surface area contributed by atoms with E-state index in [4.69, 9.17) is 22.1 Å². The zero-order valence-electron chi connectivity index (χ0n) is 16.5. The summed E-state index contributed by atoms with van der Waals surface area (Å²) in [6.07, 6.45) is 3.44. The minimum atomic E-state index is -0.490. The van der Waals surface area contributed by atoms with Crippen molar-refractivity contribution in [3.05, 3.63) is 75.7 Å². The fraction of sp³-hybridized carbons (Fsp3) is 0.130. The molecule has 8 heteroatoms. The number of hydrogen-bond donors (Lipinski definition) is 1. The summed E-state index contributed by atoms with van der Waals surface area (Å²) in [5, 5.41) is 21.0. The number of aryl methyl sites for hydroxylation is 1. The fourth-order valence-corrected chi connectivity index (χ4v) is 3.85. The standard InChI is InChI=1S/C23H16ClFN6/c1-14-18-8-10-31(21-19(24)11-16(3-2-9-26)12-20(21)25)22(18)30-23(28-14)29-17-6-4-15(13-27)5-7-17/h2-7,11-12H,8,10H2,1H3,(H,28,29,30)/b3-2-. The first-order valence-corrected chi connectivity index (χ1v) is 9.85. The molecule has 31 heavy (non-hydrogen) atoms. The van der Waals surface area contributed by atoms with Gasteiger partial charge in [0.25, 0.3) is 0 Å². The second-order valence-corrected chi connectivity index (χ2v) is 7.35. The van der Waals surface area contributed by atoms with E-state index in [9.17, 15) is 4.39 Å². The number of nitrogens with zero attached hydrogens (tertiary/aromatic N) is 5. The molecule has 0 amide bonds. The largest absolute Gasteiger partial charge is 0.324 e. The molecule has 0 atom stereocenters. The lowest BCUT2D eigenvalue weighted by atomic mass is 10.1. The summed E-state index contributed by atoms with van der Waals surface area (Å²) in [6, 6.07) is 13.9. The van der Waals surface area contributed by atoms with Gasteiger partial charge in [-0.1, -0.05) is 11.6 Å². The summed E-state index contributed by atoms with van der Waals surface area (Å²) in [4.78, 5) is 10.9. The van der Waals surface area contributed by atoms with Gasteiger partial charge in [0.15, 0.2) is 0 Å². The molecule has 1 aliphatic heterocycles. The molecule has 3 aromatic rings. The molecular weight excluding hydrogens is 415 g/mol. The Morgan fingerprint density at radius 1 is 1.19 bits per heavy atom. The molecule has 0 radical (unpaired) electrons. The number of nitrogens with one attached hydrogen (secondary N) is 1. The first-order valence-electron chi connectivity index (χ1n) is 9.47. The van der Waals surface area contributed by atoms with Crippen LogP contribution in [0.3, 0.4) is 0 Å². The molecule has 1 aliphatic rings. The minimum Gasteiger partial charge on any atom is -0.324 e. The zero-order chi connectivity index (χ0) is 22.0. The van der Waals surface area contributed by atoms with Crippen molar-refractivity contribution >= 4 is 40.8 Å². The van der Waals surface area contributed by atoms with E-state index in [0.717, 1.165) is 16.9 Å². The van der Waals surface area contributed by atoms with Crippen molar-refractivity contribution in [1.82, 2.24) is 9.97 Å². The minimum absolute atomic E-state index is 0.239. The van der Waals surface area contributed by atoms with Crippen LogP contribution in [-0.4, -0.2) is 16.5 Å². The Morgan fingerprint density at radius 2 is 1.97 bits per heavy atom. The number of fused-ring (bicyclic) bond motifs is 1. The molecule has 1 aromatic heterocycles. The number of anilines is 4. The van der Waals surface area contributed by atoms with Crippen molar-refractivity contribution < 1.29 is 4.39 Å². The summed E-state index contributed by atoms with van der Waals surface area (Å²) >= 11 is 6.41. The third-order valence-corrected chi connectivity index (χ3v) is 5.25. The quantitative estimate of drug-likeness (QED) is 0.555. The van der Waals surface area contributed by atoms with Gasteiger partial charge in [-0.3, -0.25) is 0 Å². The number of benzene rings is 2. The molecule has 1 N–H and O–H groups in total. The van der Waals surface area contributed by atoms with Gasteiger partial charge in [-0.15, -0.1) is 0 Å². The topological polar surface area (TPSA) is 88.6 Å². The number of hydrogen-bond acceptors (Lipinski definition) is 6. The average Bonchev–Trinajstić information content (AvgIpc) is 3.16. The highest BCUT2D eigenvalue weighted by Gasteiger charge is 2.29. The van der Waals surface area contributed by atoms with E-state index in [1.54, 1.807) is 35.2 Å². The molecule has 2 aromatic carbocycles. The van der Waals surface area contributed by atoms with Crippen LogP contribution in [0.2, 0.25) is 5.02 Å². The first-order chi connectivity index (χ1) is 15.0. The highest BCUT2D eigenvalue weighted by molar-refractivity contribution is 6.33. The predicted octanol–water partition coefficient (Wildman–Crippen LogP) is 5.42. The lowest BCUT2D eigenvalue weighted by Crippen LogP contribution is -2.17. The molecule has 2 heterocycles. The molecule has 4 rings (SSSR count). The lowest BCUT2D eigenvalue weighted by Gasteiger charge is -2.21. The van der Waals surface area contributed by atoms with E-state index in [-0.39, 0.29) is 10.7 Å². The molecule has 0 unspecified atom stereocenters. The number of aromatic nitrogens is 2. The molecule has 0 saturated heterocycles. The Morgan fingerprint density at radius 3 is 2.65 bits per heavy atom. The Hall–Kier alpha value is -3.94. The first kappa shape index (κ1) is 20.3. The van der Waals surface area contributed by atoms with Crippen LogP contribution < -0.4 is 10.2 Å². The third-order valence-electron chi connectivity index (χ3n) is 4.96. The van der Waals surface area contributed by atoms with E-state index >= 15 is 0 Å². The maximum absolute atomic E-state index is 15.0. The average molecular weight is 431 g/mol. The van der Waals surface area contributed by atoms with Crippen LogP contribution in [0.1, 0.15) is 22.4 Å². The molecule has 0 aliphatic carbocycles. The van der Waals surface area contributed by atoms with Gasteiger partial charge in [-0.2, -0.15) is 15.5 Å². The van der Waals surface area contributed by atoms with Gasteiger partial charge < -0.3 is 10.2 Å². The SMILES string of the molecule is Cc1nc(Nc2ccc(C#N)cc2)nc2c1CCN2c1c(F)cc(/C=C\C#N)cc1Cl. The normalized spacial score (nSPS) is 12.5. The molecular formula is C23H16ClFN6. The van der Waals surface area contributed by atoms with E-state index in [1.165, 1.54) is 18.2 Å². The van der Waals surface area contributed by atoms with Gasteiger partial charge in [0.05, 0.1) is 28.4 Å². The lowest BCUT2D eigenvalue weighted by molar-refractivity contribution is 0.625. The van der Waals surface area contributed by atoms with Crippen molar-refractivity contribution in [2.75, 3.05) is 16.8 Å². The second kappa shape index (κ2) is 8.43. The Kier molecular flexibility index (Phi) is 5.53. The number of halogens is 2. The van der Waals surface area contributed by atoms with Gasteiger partial charge in [0.2, 0.25) is 5.95 Å². The predicted molar refractivity (Wildman–Crippen MR) is 118 cm³/mol. The Bertz CT molecular complexity index is 1250. The number of rotatable bonds is 4. The Balaban J connectivity index is 1.70. The molecule has 0 fully saturated rings. The van der Waals surface area contributed by atoms with Crippen molar-refractivity contribution in [2.45, 2.75) is 13.3 Å². The van der Waals surface area contributed by atoms with Crippen LogP contribution >= 0.6 is 11.6 Å². The summed E-state index contributed by atoms with van der Waals surface area (Å²) in [7, 11) is 0. The van der Waals surface area contributed by atoms with Gasteiger partial charge in [0, 0.05) is 29.6 Å². The monoisotopic (exact) mass is 430 g/mol. The zero-order valence-corrected chi connectivity index (χ0v) is 17.3. The van der Waals surface area contributed by atoms with Crippen LogP contribution in [0.4, 0.5) is 27.5 Å². The van der Waals surface area contributed by atoms with Gasteiger partial charge in [-0.05, 0) is 61.4 Å². The highest BCUT2D eigenvalue weighted by atomic mass is 35.5. The van der Waals surface area contributed by atoms with Crippen molar-refractivity contribution in [1.29, 1.82) is 10.5 Å². The maximum Gasteiger partial charge on any atom is 0.229 e. The van der Waals surface area contributed by atoms with Gasteiger partial charge in [0.1, 0.15) is 11.6 Å². The highest BCUT2D eigenvalue weighted by Crippen LogP contribution is 2.40. The Labute approximate surface area is 183 Å². The summed E-state index contributed by atoms with van der Waals surface area (Å²) in [5.74, 6) is 0.485. The maximum atomic E-state index is 15.0. The molecule has 6 nitrogen and oxygen atoms in total.